The second kappa shape index (κ2) is 7.77. The highest BCUT2D eigenvalue weighted by molar-refractivity contribution is 7.92. The Kier molecular flexibility index (Phi) is 5.91. The third-order valence-corrected chi connectivity index (χ3v) is 4.78. The molecule has 2 aromatic carbocycles. The van der Waals surface area contributed by atoms with Gasteiger partial charge in [0.15, 0.2) is 11.6 Å². The molecule has 0 aromatic heterocycles. The molecule has 0 saturated carbocycles. The Balaban J connectivity index is 2.36. The third-order valence-electron chi connectivity index (χ3n) is 3.60. The second-order valence-electron chi connectivity index (χ2n) is 5.58. The van der Waals surface area contributed by atoms with Gasteiger partial charge in [0, 0.05) is 11.8 Å². The first-order valence-electron chi connectivity index (χ1n) is 7.64. The molecule has 2 rings (SSSR count). The standard InChI is InChI=1S/C17H17F3N2O3S/c1-3-16(17(23)21-12-6-9-14(19)15(20)10-12)22(26(2,24)25)13-7-4-11(18)5-8-13/h4-10,16H,3H2,1-2H3,(H,21,23)/t16-/m0/s1. The Labute approximate surface area is 149 Å². The summed E-state index contributed by atoms with van der Waals surface area (Å²) in [5, 5.41) is 2.37. The lowest BCUT2D eigenvalue weighted by molar-refractivity contribution is -0.117. The van der Waals surface area contributed by atoms with Gasteiger partial charge in [-0.2, -0.15) is 0 Å². The number of rotatable bonds is 6. The van der Waals surface area contributed by atoms with E-state index in [0.717, 1.165) is 40.9 Å². The molecular formula is C17H17F3N2O3S. The predicted molar refractivity (Wildman–Crippen MR) is 92.8 cm³/mol. The summed E-state index contributed by atoms with van der Waals surface area (Å²) in [6, 6.07) is 6.27. The fraction of sp³-hybridized carbons (Fsp3) is 0.235. The molecular weight excluding hydrogens is 369 g/mol. The van der Waals surface area contributed by atoms with Crippen LogP contribution in [0.4, 0.5) is 24.5 Å². The van der Waals surface area contributed by atoms with Crippen molar-refractivity contribution in [1.82, 2.24) is 0 Å². The van der Waals surface area contributed by atoms with E-state index in [2.05, 4.69) is 5.32 Å². The zero-order valence-corrected chi connectivity index (χ0v) is 14.9. The number of sulfonamides is 1. The maximum Gasteiger partial charge on any atom is 0.248 e. The summed E-state index contributed by atoms with van der Waals surface area (Å²) >= 11 is 0. The van der Waals surface area contributed by atoms with Crippen molar-refractivity contribution in [2.75, 3.05) is 15.9 Å². The lowest BCUT2D eigenvalue weighted by Crippen LogP contribution is -2.47. The molecule has 0 aliphatic heterocycles. The van der Waals surface area contributed by atoms with Crippen molar-refractivity contribution in [3.8, 4) is 0 Å². The Morgan fingerprint density at radius 1 is 1.08 bits per heavy atom. The van der Waals surface area contributed by atoms with Crippen LogP contribution in [-0.2, 0) is 14.8 Å². The molecule has 1 amide bonds. The van der Waals surface area contributed by atoms with E-state index in [1.165, 1.54) is 12.1 Å². The number of hydrogen-bond acceptors (Lipinski definition) is 3. The molecule has 5 nitrogen and oxygen atoms in total. The second-order valence-corrected chi connectivity index (χ2v) is 7.44. The molecule has 0 saturated heterocycles. The molecule has 1 atom stereocenters. The summed E-state index contributed by atoms with van der Waals surface area (Å²) in [5.41, 5.74) is 0.0982. The number of benzene rings is 2. The summed E-state index contributed by atoms with van der Waals surface area (Å²) in [6.45, 7) is 1.59. The zero-order chi connectivity index (χ0) is 19.5. The van der Waals surface area contributed by atoms with E-state index in [4.69, 9.17) is 0 Å². The molecule has 9 heteroatoms. The molecule has 1 N–H and O–H groups in total. The van der Waals surface area contributed by atoms with Gasteiger partial charge in [-0.25, -0.2) is 21.6 Å². The monoisotopic (exact) mass is 386 g/mol. The van der Waals surface area contributed by atoms with E-state index in [1.807, 2.05) is 0 Å². The average Bonchev–Trinajstić information content (AvgIpc) is 2.56. The Hall–Kier alpha value is -2.55. The summed E-state index contributed by atoms with van der Waals surface area (Å²) in [6.07, 6.45) is 1.02. The highest BCUT2D eigenvalue weighted by Gasteiger charge is 2.31. The van der Waals surface area contributed by atoms with Crippen LogP contribution in [0.2, 0.25) is 0 Å². The van der Waals surface area contributed by atoms with E-state index in [-0.39, 0.29) is 17.8 Å². The van der Waals surface area contributed by atoms with Crippen LogP contribution < -0.4 is 9.62 Å². The minimum Gasteiger partial charge on any atom is -0.324 e. The highest BCUT2D eigenvalue weighted by Crippen LogP contribution is 2.24. The number of carbonyl (C=O) groups excluding carboxylic acids is 1. The lowest BCUT2D eigenvalue weighted by atomic mass is 10.1. The van der Waals surface area contributed by atoms with Crippen LogP contribution in [0.5, 0.6) is 0 Å². The van der Waals surface area contributed by atoms with Gasteiger partial charge in [0.1, 0.15) is 11.9 Å². The molecule has 0 bridgehead atoms. The summed E-state index contributed by atoms with van der Waals surface area (Å²) in [7, 11) is -3.88. The Morgan fingerprint density at radius 2 is 1.69 bits per heavy atom. The quantitative estimate of drug-likeness (QED) is 0.829. The van der Waals surface area contributed by atoms with Gasteiger partial charge in [0.2, 0.25) is 15.9 Å². The van der Waals surface area contributed by atoms with Crippen molar-refractivity contribution in [2.45, 2.75) is 19.4 Å². The van der Waals surface area contributed by atoms with Crippen molar-refractivity contribution in [2.24, 2.45) is 0 Å². The number of anilines is 2. The van der Waals surface area contributed by atoms with Gasteiger partial charge in [0.25, 0.3) is 0 Å². The minimum absolute atomic E-state index is 0.0140. The number of nitrogens with one attached hydrogen (secondary N) is 1. The van der Waals surface area contributed by atoms with Crippen molar-refractivity contribution >= 4 is 27.3 Å². The Bertz CT molecular complexity index is 902. The maximum atomic E-state index is 13.3. The van der Waals surface area contributed by atoms with E-state index in [9.17, 15) is 26.4 Å². The van der Waals surface area contributed by atoms with Gasteiger partial charge in [-0.1, -0.05) is 6.92 Å². The molecule has 0 fully saturated rings. The highest BCUT2D eigenvalue weighted by atomic mass is 32.2. The fourth-order valence-corrected chi connectivity index (χ4v) is 3.66. The first-order valence-corrected chi connectivity index (χ1v) is 9.49. The number of carbonyl (C=O) groups is 1. The van der Waals surface area contributed by atoms with Crippen molar-refractivity contribution in [3.63, 3.8) is 0 Å². The zero-order valence-electron chi connectivity index (χ0n) is 14.0. The molecule has 0 radical (unpaired) electrons. The van der Waals surface area contributed by atoms with E-state index in [0.29, 0.717) is 0 Å². The molecule has 26 heavy (non-hydrogen) atoms. The summed E-state index contributed by atoms with van der Waals surface area (Å²) in [5.74, 6) is -3.50. The van der Waals surface area contributed by atoms with Crippen LogP contribution in [0.25, 0.3) is 0 Å². The molecule has 140 valence electrons. The first-order chi connectivity index (χ1) is 12.1. The first kappa shape index (κ1) is 19.8. The van der Waals surface area contributed by atoms with Gasteiger partial charge in [-0.15, -0.1) is 0 Å². The van der Waals surface area contributed by atoms with E-state index >= 15 is 0 Å². The van der Waals surface area contributed by atoms with Crippen LogP contribution in [0.1, 0.15) is 13.3 Å². The minimum atomic E-state index is -3.88. The smallest absolute Gasteiger partial charge is 0.248 e. The number of halogens is 3. The molecule has 0 spiro atoms. The predicted octanol–water partition coefficient (Wildman–Crippen LogP) is 3.29. The fourth-order valence-electron chi connectivity index (χ4n) is 2.45. The van der Waals surface area contributed by atoms with Crippen LogP contribution in [-0.4, -0.2) is 26.6 Å². The number of nitrogens with zero attached hydrogens (tertiary/aromatic N) is 1. The van der Waals surface area contributed by atoms with Gasteiger partial charge in [-0.05, 0) is 42.8 Å². The van der Waals surface area contributed by atoms with Gasteiger partial charge in [0.05, 0.1) is 11.9 Å². The van der Waals surface area contributed by atoms with Crippen LogP contribution >= 0.6 is 0 Å². The van der Waals surface area contributed by atoms with Crippen LogP contribution in [0.15, 0.2) is 42.5 Å². The van der Waals surface area contributed by atoms with Gasteiger partial charge in [-0.3, -0.25) is 9.10 Å². The summed E-state index contributed by atoms with van der Waals surface area (Å²) < 4.78 is 64.7. The topological polar surface area (TPSA) is 66.5 Å². The summed E-state index contributed by atoms with van der Waals surface area (Å²) in [4.78, 5) is 12.6. The SMILES string of the molecule is CC[C@@H](C(=O)Nc1ccc(F)c(F)c1)N(c1ccc(F)cc1)S(C)(=O)=O. The van der Waals surface area contributed by atoms with Crippen molar-refractivity contribution in [3.05, 3.63) is 59.9 Å². The average molecular weight is 386 g/mol. The van der Waals surface area contributed by atoms with Gasteiger partial charge >= 0.3 is 0 Å². The largest absolute Gasteiger partial charge is 0.324 e. The van der Waals surface area contributed by atoms with Crippen LogP contribution in [0, 0.1) is 17.5 Å². The molecule has 0 aliphatic rings. The normalized spacial score (nSPS) is 12.5. The molecule has 0 heterocycles. The van der Waals surface area contributed by atoms with Crippen molar-refractivity contribution in [1.29, 1.82) is 0 Å². The molecule has 0 unspecified atom stereocenters. The maximum absolute atomic E-state index is 13.3. The Morgan fingerprint density at radius 3 is 2.19 bits per heavy atom. The lowest BCUT2D eigenvalue weighted by Gasteiger charge is -2.30. The van der Waals surface area contributed by atoms with Gasteiger partial charge < -0.3 is 5.32 Å². The van der Waals surface area contributed by atoms with Crippen LogP contribution in [0.3, 0.4) is 0 Å². The van der Waals surface area contributed by atoms with E-state index in [1.54, 1.807) is 6.92 Å². The van der Waals surface area contributed by atoms with Crippen molar-refractivity contribution < 1.29 is 26.4 Å². The van der Waals surface area contributed by atoms with E-state index < -0.39 is 39.4 Å². The molecule has 2 aromatic rings. The number of hydrogen-bond donors (Lipinski definition) is 1. The molecule has 0 aliphatic carbocycles. The third kappa shape index (κ3) is 4.54. The number of amides is 1.